The second kappa shape index (κ2) is 7.82. The Morgan fingerprint density at radius 2 is 1.85 bits per heavy atom. The molecule has 1 atom stereocenters. The molecule has 0 fully saturated rings. The normalized spacial score (nSPS) is 12.3. The van der Waals surface area contributed by atoms with E-state index >= 15 is 0 Å². The third-order valence-corrected chi connectivity index (χ3v) is 4.16. The van der Waals surface area contributed by atoms with E-state index in [0.29, 0.717) is 11.4 Å². The number of hydrogen-bond donors (Lipinski definition) is 1. The summed E-state index contributed by atoms with van der Waals surface area (Å²) in [6.45, 7) is 0. The minimum absolute atomic E-state index is 0.336. The van der Waals surface area contributed by atoms with Crippen molar-refractivity contribution >= 4 is 27.5 Å². The summed E-state index contributed by atoms with van der Waals surface area (Å²) in [4.78, 5) is 0. The first-order chi connectivity index (χ1) is 9.65. The lowest BCUT2D eigenvalue weighted by molar-refractivity contribution is 0.162. The number of aryl methyl sites for hydroxylation is 1. The van der Waals surface area contributed by atoms with Crippen molar-refractivity contribution in [3.8, 4) is 0 Å². The van der Waals surface area contributed by atoms with Crippen LogP contribution in [0.2, 0.25) is 5.02 Å². The van der Waals surface area contributed by atoms with E-state index in [1.54, 1.807) is 0 Å². The second-order valence-corrected chi connectivity index (χ2v) is 6.29. The zero-order chi connectivity index (χ0) is 14.4. The first kappa shape index (κ1) is 15.6. The average molecular weight is 354 g/mol. The number of rotatable bonds is 6. The van der Waals surface area contributed by atoms with E-state index in [9.17, 15) is 5.11 Å². The average Bonchev–Trinajstić information content (AvgIpc) is 2.43. The van der Waals surface area contributed by atoms with Crippen molar-refractivity contribution < 1.29 is 5.11 Å². The highest BCUT2D eigenvalue weighted by Gasteiger charge is 2.09. The SMILES string of the molecule is OC(CCCc1ccccc1)Cc1ccc(Br)cc1Cl. The van der Waals surface area contributed by atoms with Gasteiger partial charge in [0, 0.05) is 9.50 Å². The first-order valence-corrected chi connectivity index (χ1v) is 7.98. The lowest BCUT2D eigenvalue weighted by atomic mass is 10.0. The van der Waals surface area contributed by atoms with E-state index in [-0.39, 0.29) is 6.10 Å². The number of hydrogen-bond acceptors (Lipinski definition) is 1. The molecule has 0 saturated carbocycles. The van der Waals surface area contributed by atoms with Gasteiger partial charge in [0.05, 0.1) is 6.10 Å². The fourth-order valence-electron chi connectivity index (χ4n) is 2.23. The summed E-state index contributed by atoms with van der Waals surface area (Å²) in [5.74, 6) is 0. The van der Waals surface area contributed by atoms with Crippen LogP contribution in [0.1, 0.15) is 24.0 Å². The monoisotopic (exact) mass is 352 g/mol. The van der Waals surface area contributed by atoms with Gasteiger partial charge in [-0.25, -0.2) is 0 Å². The Kier molecular flexibility index (Phi) is 6.08. The highest BCUT2D eigenvalue weighted by molar-refractivity contribution is 9.10. The van der Waals surface area contributed by atoms with Crippen LogP contribution in [-0.4, -0.2) is 11.2 Å². The molecule has 1 nitrogen and oxygen atoms in total. The fourth-order valence-corrected chi connectivity index (χ4v) is 2.98. The molecular weight excluding hydrogens is 336 g/mol. The maximum absolute atomic E-state index is 10.1. The molecule has 2 aromatic rings. The number of aliphatic hydroxyl groups excluding tert-OH is 1. The van der Waals surface area contributed by atoms with Gasteiger partial charge in [0.15, 0.2) is 0 Å². The predicted octanol–water partition coefficient (Wildman–Crippen LogP) is 5.03. The summed E-state index contributed by atoms with van der Waals surface area (Å²) >= 11 is 9.55. The summed E-state index contributed by atoms with van der Waals surface area (Å²) in [6.07, 6.45) is 3.06. The molecule has 106 valence electrons. The van der Waals surface area contributed by atoms with Gasteiger partial charge in [-0.3, -0.25) is 0 Å². The Labute approximate surface area is 133 Å². The molecular formula is C17H18BrClO. The van der Waals surface area contributed by atoms with Crippen molar-refractivity contribution in [2.24, 2.45) is 0 Å². The molecule has 0 aliphatic rings. The van der Waals surface area contributed by atoms with E-state index in [4.69, 9.17) is 11.6 Å². The first-order valence-electron chi connectivity index (χ1n) is 6.81. The summed E-state index contributed by atoms with van der Waals surface area (Å²) in [7, 11) is 0. The highest BCUT2D eigenvalue weighted by Crippen LogP contribution is 2.23. The lowest BCUT2D eigenvalue weighted by Crippen LogP contribution is -2.11. The van der Waals surface area contributed by atoms with Gasteiger partial charge in [0.1, 0.15) is 0 Å². The van der Waals surface area contributed by atoms with Crippen LogP contribution < -0.4 is 0 Å². The van der Waals surface area contributed by atoms with Crippen LogP contribution in [-0.2, 0) is 12.8 Å². The molecule has 1 N–H and O–H groups in total. The summed E-state index contributed by atoms with van der Waals surface area (Å²) in [6, 6.07) is 16.2. The molecule has 0 amide bonds. The van der Waals surface area contributed by atoms with Gasteiger partial charge in [-0.2, -0.15) is 0 Å². The van der Waals surface area contributed by atoms with Crippen molar-refractivity contribution in [3.05, 3.63) is 69.2 Å². The molecule has 0 aromatic heterocycles. The number of benzene rings is 2. The minimum atomic E-state index is -0.336. The van der Waals surface area contributed by atoms with Crippen molar-refractivity contribution in [1.82, 2.24) is 0 Å². The van der Waals surface area contributed by atoms with Crippen molar-refractivity contribution in [3.63, 3.8) is 0 Å². The molecule has 2 aromatic carbocycles. The van der Waals surface area contributed by atoms with Gasteiger partial charge < -0.3 is 5.11 Å². The number of halogens is 2. The van der Waals surface area contributed by atoms with E-state index < -0.39 is 0 Å². The molecule has 0 saturated heterocycles. The van der Waals surface area contributed by atoms with Crippen LogP contribution in [0.3, 0.4) is 0 Å². The predicted molar refractivity (Wildman–Crippen MR) is 88.2 cm³/mol. The van der Waals surface area contributed by atoms with Gasteiger partial charge in [-0.1, -0.05) is 63.9 Å². The zero-order valence-corrected chi connectivity index (χ0v) is 13.6. The molecule has 2 rings (SSSR count). The smallest absolute Gasteiger partial charge is 0.0581 e. The molecule has 0 bridgehead atoms. The fraction of sp³-hybridized carbons (Fsp3) is 0.294. The van der Waals surface area contributed by atoms with Gasteiger partial charge in [0.2, 0.25) is 0 Å². The maximum Gasteiger partial charge on any atom is 0.0581 e. The van der Waals surface area contributed by atoms with Crippen LogP contribution >= 0.6 is 27.5 Å². The molecule has 0 aliphatic carbocycles. The molecule has 20 heavy (non-hydrogen) atoms. The van der Waals surface area contributed by atoms with Crippen molar-refractivity contribution in [1.29, 1.82) is 0 Å². The van der Waals surface area contributed by atoms with Crippen LogP contribution in [0.15, 0.2) is 53.0 Å². The molecule has 3 heteroatoms. The zero-order valence-electron chi connectivity index (χ0n) is 11.2. The second-order valence-electron chi connectivity index (χ2n) is 4.97. The maximum atomic E-state index is 10.1. The highest BCUT2D eigenvalue weighted by atomic mass is 79.9. The van der Waals surface area contributed by atoms with E-state index in [1.807, 2.05) is 36.4 Å². The van der Waals surface area contributed by atoms with Crippen molar-refractivity contribution in [2.45, 2.75) is 31.8 Å². The minimum Gasteiger partial charge on any atom is -0.393 e. The molecule has 0 aliphatic heterocycles. The molecule has 0 spiro atoms. The quantitative estimate of drug-likeness (QED) is 0.772. The third-order valence-electron chi connectivity index (χ3n) is 3.32. The topological polar surface area (TPSA) is 20.2 Å². The van der Waals surface area contributed by atoms with E-state index in [2.05, 4.69) is 28.1 Å². The Balaban J connectivity index is 1.79. The Hall–Kier alpha value is -0.830. The largest absolute Gasteiger partial charge is 0.393 e. The molecule has 1 unspecified atom stereocenters. The van der Waals surface area contributed by atoms with Crippen molar-refractivity contribution in [2.75, 3.05) is 0 Å². The van der Waals surface area contributed by atoms with Gasteiger partial charge in [-0.15, -0.1) is 0 Å². The summed E-state index contributed by atoms with van der Waals surface area (Å²) in [5, 5.41) is 10.8. The Morgan fingerprint density at radius 1 is 1.10 bits per heavy atom. The number of aliphatic hydroxyl groups is 1. The van der Waals surface area contributed by atoms with Crippen LogP contribution in [0.4, 0.5) is 0 Å². The summed E-state index contributed by atoms with van der Waals surface area (Å²) in [5.41, 5.74) is 2.32. The van der Waals surface area contributed by atoms with Gasteiger partial charge in [-0.05, 0) is 48.9 Å². The van der Waals surface area contributed by atoms with E-state index in [0.717, 1.165) is 29.3 Å². The molecule has 0 heterocycles. The van der Waals surface area contributed by atoms with E-state index in [1.165, 1.54) is 5.56 Å². The lowest BCUT2D eigenvalue weighted by Gasteiger charge is -2.12. The van der Waals surface area contributed by atoms with Gasteiger partial charge in [0.25, 0.3) is 0 Å². The van der Waals surface area contributed by atoms with Crippen LogP contribution in [0, 0.1) is 0 Å². The van der Waals surface area contributed by atoms with Crippen LogP contribution in [0.25, 0.3) is 0 Å². The third kappa shape index (κ3) is 4.93. The standard InChI is InChI=1S/C17H18BrClO/c18-15-10-9-14(17(19)12-15)11-16(20)8-4-7-13-5-2-1-3-6-13/h1-3,5-6,9-10,12,16,20H,4,7-8,11H2. The Bertz CT molecular complexity index is 542. The molecule has 0 radical (unpaired) electrons. The van der Waals surface area contributed by atoms with Gasteiger partial charge >= 0.3 is 0 Å². The Morgan fingerprint density at radius 3 is 2.55 bits per heavy atom. The van der Waals surface area contributed by atoms with Crippen LogP contribution in [0.5, 0.6) is 0 Å². The summed E-state index contributed by atoms with van der Waals surface area (Å²) < 4.78 is 0.963.